The molecular weight excluding hydrogens is 232 g/mol. The van der Waals surface area contributed by atoms with Gasteiger partial charge in [0.2, 0.25) is 0 Å². The molecular formula is C13H16N2O3. The van der Waals surface area contributed by atoms with Gasteiger partial charge < -0.3 is 15.7 Å². The Hall–Kier alpha value is -2.04. The highest BCUT2D eigenvalue weighted by Crippen LogP contribution is 2.34. The van der Waals surface area contributed by atoms with Crippen LogP contribution in [0.2, 0.25) is 0 Å². The van der Waals surface area contributed by atoms with E-state index >= 15 is 0 Å². The Bertz CT molecular complexity index is 455. The quantitative estimate of drug-likeness (QED) is 0.758. The molecule has 1 aromatic rings. The van der Waals surface area contributed by atoms with Crippen LogP contribution in [-0.2, 0) is 4.79 Å². The predicted octanol–water partition coefficient (Wildman–Crippen LogP) is 1.66. The number of carboxylic acids is 1. The molecule has 0 unspecified atom stereocenters. The van der Waals surface area contributed by atoms with Gasteiger partial charge in [-0.25, -0.2) is 9.59 Å². The van der Waals surface area contributed by atoms with Gasteiger partial charge in [-0.3, -0.25) is 0 Å². The summed E-state index contributed by atoms with van der Waals surface area (Å²) < 4.78 is 0. The molecule has 0 aromatic heterocycles. The van der Waals surface area contributed by atoms with E-state index in [2.05, 4.69) is 10.6 Å². The van der Waals surface area contributed by atoms with Crippen LogP contribution in [0.5, 0.6) is 0 Å². The van der Waals surface area contributed by atoms with Crippen LogP contribution in [0.15, 0.2) is 30.3 Å². The van der Waals surface area contributed by atoms with Gasteiger partial charge in [-0.05, 0) is 25.3 Å². The third-order valence-electron chi connectivity index (χ3n) is 3.07. The number of benzene rings is 1. The summed E-state index contributed by atoms with van der Waals surface area (Å²) in [5, 5.41) is 14.4. The van der Waals surface area contributed by atoms with E-state index in [0.29, 0.717) is 5.56 Å². The minimum Gasteiger partial charge on any atom is -0.479 e. The lowest BCUT2D eigenvalue weighted by Crippen LogP contribution is -2.45. The molecule has 1 saturated carbocycles. The van der Waals surface area contributed by atoms with Gasteiger partial charge in [0.15, 0.2) is 6.04 Å². The summed E-state index contributed by atoms with van der Waals surface area (Å²) in [7, 11) is 0. The SMILES string of the molecule is CC1(NC(=O)N[C@H](C(=O)O)c2ccccc2)CC1. The first-order valence-corrected chi connectivity index (χ1v) is 5.87. The smallest absolute Gasteiger partial charge is 0.330 e. The van der Waals surface area contributed by atoms with E-state index in [0.717, 1.165) is 12.8 Å². The van der Waals surface area contributed by atoms with Gasteiger partial charge in [-0.1, -0.05) is 30.3 Å². The first-order valence-electron chi connectivity index (χ1n) is 5.87. The zero-order valence-corrected chi connectivity index (χ0v) is 10.1. The number of nitrogens with one attached hydrogen (secondary N) is 2. The Morgan fingerprint density at radius 2 is 1.89 bits per heavy atom. The third kappa shape index (κ3) is 3.00. The number of carbonyl (C=O) groups excluding carboxylic acids is 1. The van der Waals surface area contributed by atoms with Gasteiger partial charge in [0.25, 0.3) is 0 Å². The summed E-state index contributed by atoms with van der Waals surface area (Å²) in [4.78, 5) is 22.9. The summed E-state index contributed by atoms with van der Waals surface area (Å²) >= 11 is 0. The van der Waals surface area contributed by atoms with Crippen molar-refractivity contribution in [3.8, 4) is 0 Å². The van der Waals surface area contributed by atoms with Crippen molar-refractivity contribution in [2.75, 3.05) is 0 Å². The first kappa shape index (κ1) is 12.4. The summed E-state index contributed by atoms with van der Waals surface area (Å²) in [5.41, 5.74) is 0.394. The largest absolute Gasteiger partial charge is 0.479 e. The molecule has 0 radical (unpaired) electrons. The molecule has 18 heavy (non-hydrogen) atoms. The number of urea groups is 1. The van der Waals surface area contributed by atoms with Crippen LogP contribution in [-0.4, -0.2) is 22.6 Å². The normalized spacial score (nSPS) is 17.6. The van der Waals surface area contributed by atoms with E-state index in [9.17, 15) is 9.59 Å². The van der Waals surface area contributed by atoms with Gasteiger partial charge in [0.1, 0.15) is 0 Å². The molecule has 3 N–H and O–H groups in total. The molecule has 96 valence electrons. The molecule has 5 nitrogen and oxygen atoms in total. The molecule has 1 fully saturated rings. The molecule has 1 aromatic carbocycles. The van der Waals surface area contributed by atoms with E-state index in [1.54, 1.807) is 30.3 Å². The lowest BCUT2D eigenvalue weighted by atomic mass is 10.1. The van der Waals surface area contributed by atoms with Crippen LogP contribution in [0, 0.1) is 0 Å². The second kappa shape index (κ2) is 4.68. The zero-order valence-electron chi connectivity index (χ0n) is 10.1. The van der Waals surface area contributed by atoms with Crippen LogP contribution in [0.4, 0.5) is 4.79 Å². The van der Waals surface area contributed by atoms with E-state index in [-0.39, 0.29) is 5.54 Å². The molecule has 0 bridgehead atoms. The standard InChI is InChI=1S/C13H16N2O3/c1-13(7-8-13)15-12(18)14-10(11(16)17)9-5-3-2-4-6-9/h2-6,10H,7-8H2,1H3,(H,16,17)(H2,14,15,18)/t10-/m0/s1. The summed E-state index contributed by atoms with van der Waals surface area (Å²) in [6.07, 6.45) is 1.87. The maximum absolute atomic E-state index is 11.7. The minimum atomic E-state index is -1.07. The molecule has 0 saturated heterocycles. The highest BCUT2D eigenvalue weighted by Gasteiger charge is 2.39. The van der Waals surface area contributed by atoms with Crippen molar-refractivity contribution in [1.29, 1.82) is 0 Å². The van der Waals surface area contributed by atoms with Crippen LogP contribution in [0.1, 0.15) is 31.4 Å². The fourth-order valence-electron chi connectivity index (χ4n) is 1.69. The molecule has 0 spiro atoms. The molecule has 1 atom stereocenters. The molecule has 5 heteroatoms. The average molecular weight is 248 g/mol. The van der Waals surface area contributed by atoms with Crippen molar-refractivity contribution in [2.45, 2.75) is 31.3 Å². The van der Waals surface area contributed by atoms with Crippen molar-refractivity contribution >= 4 is 12.0 Å². The van der Waals surface area contributed by atoms with E-state index in [1.165, 1.54) is 0 Å². The van der Waals surface area contributed by atoms with Crippen LogP contribution in [0.3, 0.4) is 0 Å². The van der Waals surface area contributed by atoms with Crippen LogP contribution >= 0.6 is 0 Å². The lowest BCUT2D eigenvalue weighted by Gasteiger charge is -2.18. The maximum atomic E-state index is 11.7. The number of hydrogen-bond donors (Lipinski definition) is 3. The second-order valence-electron chi connectivity index (χ2n) is 4.84. The van der Waals surface area contributed by atoms with Crippen LogP contribution in [0.25, 0.3) is 0 Å². The third-order valence-corrected chi connectivity index (χ3v) is 3.07. The Morgan fingerprint density at radius 1 is 1.28 bits per heavy atom. The molecule has 0 heterocycles. The van der Waals surface area contributed by atoms with Crippen molar-refractivity contribution in [3.05, 3.63) is 35.9 Å². The van der Waals surface area contributed by atoms with Gasteiger partial charge in [-0.15, -0.1) is 0 Å². The molecule has 0 aliphatic heterocycles. The lowest BCUT2D eigenvalue weighted by molar-refractivity contribution is -0.139. The number of hydrogen-bond acceptors (Lipinski definition) is 2. The van der Waals surface area contributed by atoms with Crippen molar-refractivity contribution in [1.82, 2.24) is 10.6 Å². The summed E-state index contributed by atoms with van der Waals surface area (Å²) in [6, 6.07) is 7.18. The number of amides is 2. The topological polar surface area (TPSA) is 78.4 Å². The highest BCUT2D eigenvalue weighted by molar-refractivity contribution is 5.84. The fourth-order valence-corrected chi connectivity index (χ4v) is 1.69. The molecule has 2 rings (SSSR count). The van der Waals surface area contributed by atoms with E-state index in [4.69, 9.17) is 5.11 Å². The zero-order chi connectivity index (χ0) is 13.2. The molecule has 1 aliphatic carbocycles. The Balaban J connectivity index is 2.03. The van der Waals surface area contributed by atoms with Gasteiger partial charge in [0.05, 0.1) is 0 Å². The Morgan fingerprint density at radius 3 is 2.39 bits per heavy atom. The summed E-state index contributed by atoms with van der Waals surface area (Å²) in [5.74, 6) is -1.07. The van der Waals surface area contributed by atoms with Gasteiger partial charge in [-0.2, -0.15) is 0 Å². The van der Waals surface area contributed by atoms with E-state index < -0.39 is 18.0 Å². The minimum absolute atomic E-state index is 0.163. The maximum Gasteiger partial charge on any atom is 0.330 e. The predicted molar refractivity (Wildman–Crippen MR) is 66.1 cm³/mol. The Kier molecular flexibility index (Phi) is 3.23. The molecule has 2 amide bonds. The summed E-state index contributed by atoms with van der Waals surface area (Å²) in [6.45, 7) is 1.94. The average Bonchev–Trinajstić information content (AvgIpc) is 3.04. The first-order chi connectivity index (χ1) is 8.50. The number of carboxylic acid groups (broad SMARTS) is 1. The van der Waals surface area contributed by atoms with Crippen molar-refractivity contribution < 1.29 is 14.7 Å². The van der Waals surface area contributed by atoms with Gasteiger partial charge >= 0.3 is 12.0 Å². The number of carbonyl (C=O) groups is 2. The fraction of sp³-hybridized carbons (Fsp3) is 0.385. The monoisotopic (exact) mass is 248 g/mol. The van der Waals surface area contributed by atoms with Crippen molar-refractivity contribution in [2.24, 2.45) is 0 Å². The van der Waals surface area contributed by atoms with Gasteiger partial charge in [0, 0.05) is 5.54 Å². The highest BCUT2D eigenvalue weighted by atomic mass is 16.4. The number of rotatable bonds is 4. The molecule has 1 aliphatic rings. The van der Waals surface area contributed by atoms with Crippen molar-refractivity contribution in [3.63, 3.8) is 0 Å². The second-order valence-corrected chi connectivity index (χ2v) is 4.84. The number of aliphatic carboxylic acids is 1. The van der Waals surface area contributed by atoms with Crippen LogP contribution < -0.4 is 10.6 Å². The van der Waals surface area contributed by atoms with E-state index in [1.807, 2.05) is 6.92 Å². The Labute approximate surface area is 105 Å².